The summed E-state index contributed by atoms with van der Waals surface area (Å²) < 4.78 is 38.7. The van der Waals surface area contributed by atoms with E-state index in [0.29, 0.717) is 5.56 Å². The molecule has 0 atom stereocenters. The van der Waals surface area contributed by atoms with Gasteiger partial charge in [-0.1, -0.05) is 0 Å². The van der Waals surface area contributed by atoms with E-state index < -0.39 is 17.7 Å². The SMILES string of the molecule is C=C/C(=C\[C](=[W])NC(=O)c1cccc(I)c1)C(F)(F)F. The van der Waals surface area contributed by atoms with Gasteiger partial charge >= 0.3 is 139 Å². The molecule has 0 unspecified atom stereocenters. The van der Waals surface area contributed by atoms with Gasteiger partial charge in [0.2, 0.25) is 0 Å². The van der Waals surface area contributed by atoms with Crippen molar-refractivity contribution in [1.29, 1.82) is 0 Å². The van der Waals surface area contributed by atoms with E-state index in [1.807, 2.05) is 6.07 Å². The molecule has 0 aliphatic rings. The molecule has 0 radical (unpaired) electrons. The van der Waals surface area contributed by atoms with Crippen molar-refractivity contribution < 1.29 is 37.3 Å². The maximum absolute atomic E-state index is 12.5. The van der Waals surface area contributed by atoms with Gasteiger partial charge in [-0.25, -0.2) is 0 Å². The van der Waals surface area contributed by atoms with E-state index in [1.165, 1.54) is 0 Å². The fraction of sp³-hybridized carbons (Fsp3) is 0.0769. The second-order valence-corrected chi connectivity index (χ2v) is 6.46. The summed E-state index contributed by atoms with van der Waals surface area (Å²) in [4.78, 5) is 11.9. The Morgan fingerprint density at radius 3 is 2.55 bits per heavy atom. The van der Waals surface area contributed by atoms with E-state index in [9.17, 15) is 18.0 Å². The van der Waals surface area contributed by atoms with Gasteiger partial charge in [0.05, 0.1) is 0 Å². The minimum atomic E-state index is -4.48. The van der Waals surface area contributed by atoms with Crippen LogP contribution in [0.4, 0.5) is 13.2 Å². The summed E-state index contributed by atoms with van der Waals surface area (Å²) in [6.07, 6.45) is -2.87. The maximum atomic E-state index is 12.5. The van der Waals surface area contributed by atoms with Crippen LogP contribution in [0.25, 0.3) is 0 Å². The molecular weight excluding hydrogens is 554 g/mol. The molecule has 1 rings (SSSR count). The number of alkyl halides is 3. The summed E-state index contributed by atoms with van der Waals surface area (Å²) in [5.41, 5.74) is -0.485. The monoisotopic (exact) mass is 563 g/mol. The molecule has 1 aromatic rings. The molecule has 20 heavy (non-hydrogen) atoms. The third-order valence-corrected chi connectivity index (χ3v) is 3.62. The van der Waals surface area contributed by atoms with Crippen molar-refractivity contribution in [3.63, 3.8) is 0 Å². The number of allylic oxidation sites excluding steroid dienone is 2. The molecule has 0 aromatic heterocycles. The molecule has 1 aromatic carbocycles. The third-order valence-electron chi connectivity index (χ3n) is 2.16. The zero-order valence-corrected chi connectivity index (χ0v) is 15.1. The molecule has 0 fully saturated rings. The number of benzene rings is 1. The van der Waals surface area contributed by atoms with Crippen molar-refractivity contribution in [1.82, 2.24) is 5.32 Å². The summed E-state index contributed by atoms with van der Waals surface area (Å²) >= 11 is 2.78. The normalized spacial score (nSPS) is 11.9. The summed E-state index contributed by atoms with van der Waals surface area (Å²) in [6.45, 7) is 3.12. The van der Waals surface area contributed by atoms with Crippen molar-refractivity contribution in [3.05, 3.63) is 57.7 Å². The molecule has 7 heteroatoms. The molecule has 2 nitrogen and oxygen atoms in total. The van der Waals surface area contributed by atoms with Gasteiger partial charge in [0, 0.05) is 0 Å². The van der Waals surface area contributed by atoms with E-state index in [-0.39, 0.29) is 4.02 Å². The average Bonchev–Trinajstić information content (AvgIpc) is 2.34. The number of carbonyl (C=O) groups is 1. The number of hydrogen-bond acceptors (Lipinski definition) is 1. The molecule has 0 saturated carbocycles. The van der Waals surface area contributed by atoms with Crippen molar-refractivity contribution in [2.45, 2.75) is 6.18 Å². The average molecular weight is 563 g/mol. The molecule has 0 heterocycles. The van der Waals surface area contributed by atoms with Crippen LogP contribution < -0.4 is 5.32 Å². The van der Waals surface area contributed by atoms with Crippen LogP contribution in [0.15, 0.2) is 48.6 Å². The first-order valence-electron chi connectivity index (χ1n) is 5.26. The minimum absolute atomic E-state index is 0.182. The van der Waals surface area contributed by atoms with Crippen molar-refractivity contribution in [3.8, 4) is 0 Å². The summed E-state index contributed by atoms with van der Waals surface area (Å²) in [6, 6.07) is 6.78. The zero-order chi connectivity index (χ0) is 15.3. The Labute approximate surface area is 138 Å². The first-order chi connectivity index (χ1) is 9.24. The molecular formula is C13H9F3INOW. The Balaban J connectivity index is 2.84. The van der Waals surface area contributed by atoms with Crippen molar-refractivity contribution >= 4 is 32.5 Å². The molecule has 1 amide bonds. The van der Waals surface area contributed by atoms with E-state index in [0.717, 1.165) is 35.1 Å². The van der Waals surface area contributed by atoms with Gasteiger partial charge in [0.25, 0.3) is 0 Å². The van der Waals surface area contributed by atoms with Crippen LogP contribution in [0.1, 0.15) is 10.4 Å². The van der Waals surface area contributed by atoms with E-state index >= 15 is 0 Å². The van der Waals surface area contributed by atoms with Crippen LogP contribution in [0, 0.1) is 3.57 Å². The number of rotatable bonds is 4. The van der Waals surface area contributed by atoms with E-state index in [4.69, 9.17) is 0 Å². The fourth-order valence-electron chi connectivity index (χ4n) is 1.25. The second-order valence-electron chi connectivity index (χ2n) is 3.63. The number of halogens is 4. The van der Waals surface area contributed by atoms with Gasteiger partial charge in [-0.2, -0.15) is 0 Å². The Hall–Kier alpha value is -0.752. The number of hydrogen-bond donors (Lipinski definition) is 1. The van der Waals surface area contributed by atoms with E-state index in [2.05, 4.69) is 34.5 Å². The molecule has 0 aliphatic carbocycles. The molecule has 0 bridgehead atoms. The van der Waals surface area contributed by atoms with Crippen LogP contribution in [-0.4, -0.2) is 16.1 Å². The summed E-state index contributed by atoms with van der Waals surface area (Å²) in [5, 5.41) is 2.45. The Kier molecular flexibility index (Phi) is 6.32. The van der Waals surface area contributed by atoms with Gasteiger partial charge in [0.1, 0.15) is 0 Å². The second kappa shape index (κ2) is 7.31. The van der Waals surface area contributed by atoms with Gasteiger partial charge < -0.3 is 0 Å². The number of amides is 1. The predicted molar refractivity (Wildman–Crippen MR) is 76.0 cm³/mol. The fourth-order valence-corrected chi connectivity index (χ4v) is 2.58. The summed E-state index contributed by atoms with van der Waals surface area (Å²) in [7, 11) is 0. The standard InChI is InChI=1S/C13H9F3INO.W/c1-2-10(13(14,15)16)6-7-18-12(19)9-4-3-5-11(17)8-9;/h2-6,8H,1H2,(H,18,19);/b10-6+;. The zero-order valence-electron chi connectivity index (χ0n) is 10.00. The Morgan fingerprint density at radius 1 is 1.40 bits per heavy atom. The number of nitrogens with one attached hydrogen (secondary N) is 1. The Morgan fingerprint density at radius 2 is 2.05 bits per heavy atom. The van der Waals surface area contributed by atoms with Crippen LogP contribution in [0.3, 0.4) is 0 Å². The van der Waals surface area contributed by atoms with Gasteiger partial charge in [-0.3, -0.25) is 0 Å². The van der Waals surface area contributed by atoms with Crippen LogP contribution in [-0.2, 0) is 19.4 Å². The van der Waals surface area contributed by atoms with Crippen LogP contribution >= 0.6 is 22.6 Å². The third kappa shape index (κ3) is 5.32. The number of carbonyl (C=O) groups excluding carboxylic acids is 1. The van der Waals surface area contributed by atoms with E-state index in [1.54, 1.807) is 18.2 Å². The molecule has 1 N–H and O–H groups in total. The molecule has 0 saturated heterocycles. The Bertz CT molecular complexity index is 581. The predicted octanol–water partition coefficient (Wildman–Crippen LogP) is 3.37. The van der Waals surface area contributed by atoms with Crippen molar-refractivity contribution in [2.24, 2.45) is 0 Å². The van der Waals surface area contributed by atoms with Gasteiger partial charge in [-0.15, -0.1) is 0 Å². The topological polar surface area (TPSA) is 29.1 Å². The molecule has 106 valence electrons. The van der Waals surface area contributed by atoms with Crippen LogP contribution in [0.2, 0.25) is 0 Å². The molecule has 0 spiro atoms. The van der Waals surface area contributed by atoms with Gasteiger partial charge in [-0.05, 0) is 0 Å². The van der Waals surface area contributed by atoms with Gasteiger partial charge in [0.15, 0.2) is 0 Å². The quantitative estimate of drug-likeness (QED) is 0.443. The van der Waals surface area contributed by atoms with Crippen molar-refractivity contribution in [2.75, 3.05) is 0 Å². The summed E-state index contributed by atoms with van der Waals surface area (Å²) in [5.74, 6) is -0.435. The van der Waals surface area contributed by atoms with Crippen LogP contribution in [0.5, 0.6) is 0 Å². The first kappa shape index (κ1) is 17.3. The first-order valence-corrected chi connectivity index (χ1v) is 7.81. The molecule has 0 aliphatic heterocycles.